The fraction of sp³-hybridized carbons (Fsp3) is 0.350. The summed E-state index contributed by atoms with van der Waals surface area (Å²) in [4.78, 5) is 28.3. The number of benzene rings is 1. The highest BCUT2D eigenvalue weighted by molar-refractivity contribution is 6.33. The standard InChI is InChI=1S/C20H22ClN3O3/c1-27-20(26)13-7-9-16(21)17(11-13)24-18-10-8-14(12-22-18)19(25)23-15-5-3-2-4-6-15/h7-12,15H,2-6H2,1H3,(H,22,24)(H,23,25). The van der Waals surface area contributed by atoms with Gasteiger partial charge in [-0.3, -0.25) is 4.79 Å². The Morgan fingerprint density at radius 3 is 2.52 bits per heavy atom. The van der Waals surface area contributed by atoms with E-state index in [0.29, 0.717) is 27.7 Å². The summed E-state index contributed by atoms with van der Waals surface area (Å²) in [5.74, 6) is -0.0304. The Morgan fingerprint density at radius 2 is 1.85 bits per heavy atom. The predicted molar refractivity (Wildman–Crippen MR) is 105 cm³/mol. The maximum atomic E-state index is 12.3. The Kier molecular flexibility index (Phi) is 6.29. The zero-order valence-corrected chi connectivity index (χ0v) is 15.9. The number of carbonyl (C=O) groups is 2. The zero-order valence-electron chi connectivity index (χ0n) is 15.1. The molecule has 1 aromatic heterocycles. The van der Waals surface area contributed by atoms with Crippen molar-refractivity contribution in [2.75, 3.05) is 12.4 Å². The summed E-state index contributed by atoms with van der Waals surface area (Å²) in [6, 6.07) is 8.47. The van der Waals surface area contributed by atoms with Gasteiger partial charge in [0.1, 0.15) is 5.82 Å². The third-order valence-electron chi connectivity index (χ3n) is 4.62. The monoisotopic (exact) mass is 387 g/mol. The minimum Gasteiger partial charge on any atom is -0.465 e. The van der Waals surface area contributed by atoms with E-state index in [1.54, 1.807) is 30.3 Å². The topological polar surface area (TPSA) is 80.3 Å². The number of halogens is 1. The second-order valence-electron chi connectivity index (χ2n) is 6.55. The van der Waals surface area contributed by atoms with E-state index in [0.717, 1.165) is 25.7 Å². The lowest BCUT2D eigenvalue weighted by atomic mass is 9.95. The number of ether oxygens (including phenoxy) is 1. The quantitative estimate of drug-likeness (QED) is 0.746. The summed E-state index contributed by atoms with van der Waals surface area (Å²) in [5.41, 5.74) is 1.43. The number of amides is 1. The van der Waals surface area contributed by atoms with E-state index in [4.69, 9.17) is 16.3 Å². The Labute approximate surface area is 163 Å². The van der Waals surface area contributed by atoms with Gasteiger partial charge in [-0.15, -0.1) is 0 Å². The van der Waals surface area contributed by atoms with Gasteiger partial charge in [-0.1, -0.05) is 30.9 Å². The molecule has 0 atom stereocenters. The Morgan fingerprint density at radius 1 is 1.11 bits per heavy atom. The van der Waals surface area contributed by atoms with Crippen molar-refractivity contribution >= 4 is 35.0 Å². The van der Waals surface area contributed by atoms with Crippen LogP contribution in [0.2, 0.25) is 5.02 Å². The summed E-state index contributed by atoms with van der Waals surface area (Å²) in [5, 5.41) is 6.57. The third-order valence-corrected chi connectivity index (χ3v) is 4.95. The van der Waals surface area contributed by atoms with Crippen LogP contribution in [0.1, 0.15) is 52.8 Å². The van der Waals surface area contributed by atoms with Gasteiger partial charge in [0, 0.05) is 12.2 Å². The number of nitrogens with zero attached hydrogens (tertiary/aromatic N) is 1. The summed E-state index contributed by atoms with van der Waals surface area (Å²) < 4.78 is 4.72. The lowest BCUT2D eigenvalue weighted by molar-refractivity contribution is 0.0600. The molecule has 0 bridgehead atoms. The van der Waals surface area contributed by atoms with Crippen molar-refractivity contribution in [1.29, 1.82) is 0 Å². The Bertz CT molecular complexity index is 818. The van der Waals surface area contributed by atoms with Gasteiger partial charge in [-0.25, -0.2) is 9.78 Å². The molecule has 7 heteroatoms. The molecule has 3 rings (SSSR count). The second-order valence-corrected chi connectivity index (χ2v) is 6.96. The van der Waals surface area contributed by atoms with Crippen molar-refractivity contribution in [3.63, 3.8) is 0 Å². The van der Waals surface area contributed by atoms with Crippen LogP contribution in [-0.2, 0) is 4.74 Å². The number of nitrogens with one attached hydrogen (secondary N) is 2. The molecule has 1 fully saturated rings. The third kappa shape index (κ3) is 4.98. The molecule has 1 amide bonds. The van der Waals surface area contributed by atoms with Gasteiger partial charge in [0.15, 0.2) is 0 Å². The average Bonchev–Trinajstić information content (AvgIpc) is 2.70. The molecule has 0 unspecified atom stereocenters. The van der Waals surface area contributed by atoms with Crippen molar-refractivity contribution in [3.8, 4) is 0 Å². The van der Waals surface area contributed by atoms with Gasteiger partial charge in [0.25, 0.3) is 5.91 Å². The number of pyridine rings is 1. The van der Waals surface area contributed by atoms with Crippen molar-refractivity contribution in [1.82, 2.24) is 10.3 Å². The van der Waals surface area contributed by atoms with E-state index in [-0.39, 0.29) is 11.9 Å². The second kappa shape index (κ2) is 8.86. The summed E-state index contributed by atoms with van der Waals surface area (Å²) in [6.45, 7) is 0. The maximum Gasteiger partial charge on any atom is 0.337 e. The van der Waals surface area contributed by atoms with E-state index in [1.165, 1.54) is 19.7 Å². The minimum atomic E-state index is -0.447. The number of esters is 1. The van der Waals surface area contributed by atoms with Gasteiger partial charge in [-0.05, 0) is 43.2 Å². The normalized spacial score (nSPS) is 14.4. The molecule has 0 spiro atoms. The molecule has 2 aromatic rings. The fourth-order valence-electron chi connectivity index (χ4n) is 3.12. The van der Waals surface area contributed by atoms with Gasteiger partial charge in [0.05, 0.1) is 28.9 Å². The molecule has 0 aliphatic heterocycles. The number of aromatic nitrogens is 1. The number of hydrogen-bond acceptors (Lipinski definition) is 5. The molecule has 1 heterocycles. The molecular weight excluding hydrogens is 366 g/mol. The molecule has 1 aliphatic carbocycles. The first-order valence-electron chi connectivity index (χ1n) is 8.98. The molecule has 1 aliphatic rings. The van der Waals surface area contributed by atoms with Gasteiger partial charge < -0.3 is 15.4 Å². The average molecular weight is 388 g/mol. The number of rotatable bonds is 5. The van der Waals surface area contributed by atoms with E-state index in [1.807, 2.05) is 0 Å². The van der Waals surface area contributed by atoms with E-state index in [2.05, 4.69) is 15.6 Å². The van der Waals surface area contributed by atoms with Crippen molar-refractivity contribution in [3.05, 3.63) is 52.7 Å². The zero-order chi connectivity index (χ0) is 19.2. The molecule has 27 heavy (non-hydrogen) atoms. The summed E-state index contributed by atoms with van der Waals surface area (Å²) in [7, 11) is 1.32. The van der Waals surface area contributed by atoms with Crippen LogP contribution in [0.3, 0.4) is 0 Å². The van der Waals surface area contributed by atoms with Crippen LogP contribution in [0, 0.1) is 0 Å². The van der Waals surface area contributed by atoms with Crippen LogP contribution >= 0.6 is 11.6 Å². The predicted octanol–water partition coefficient (Wildman–Crippen LogP) is 4.33. The lowest BCUT2D eigenvalue weighted by Gasteiger charge is -2.22. The summed E-state index contributed by atoms with van der Waals surface area (Å²) >= 11 is 6.18. The van der Waals surface area contributed by atoms with Gasteiger partial charge >= 0.3 is 5.97 Å². The molecule has 0 radical (unpaired) electrons. The minimum absolute atomic E-state index is 0.105. The number of hydrogen-bond donors (Lipinski definition) is 2. The Hall–Kier alpha value is -2.60. The highest BCUT2D eigenvalue weighted by atomic mass is 35.5. The molecule has 142 valence electrons. The fourth-order valence-corrected chi connectivity index (χ4v) is 3.29. The maximum absolute atomic E-state index is 12.3. The number of carbonyl (C=O) groups excluding carboxylic acids is 2. The first-order valence-corrected chi connectivity index (χ1v) is 9.36. The van der Waals surface area contributed by atoms with Crippen LogP contribution in [0.25, 0.3) is 0 Å². The van der Waals surface area contributed by atoms with E-state index < -0.39 is 5.97 Å². The molecule has 2 N–H and O–H groups in total. The highest BCUT2D eigenvalue weighted by Crippen LogP contribution is 2.26. The van der Waals surface area contributed by atoms with E-state index >= 15 is 0 Å². The number of anilines is 2. The molecule has 1 saturated carbocycles. The number of methoxy groups -OCH3 is 1. The first-order chi connectivity index (χ1) is 13.1. The van der Waals surface area contributed by atoms with Crippen molar-refractivity contribution in [2.24, 2.45) is 0 Å². The largest absolute Gasteiger partial charge is 0.465 e. The first kappa shape index (κ1) is 19.2. The van der Waals surface area contributed by atoms with Crippen LogP contribution in [0.5, 0.6) is 0 Å². The van der Waals surface area contributed by atoms with Crippen molar-refractivity contribution < 1.29 is 14.3 Å². The van der Waals surface area contributed by atoms with Crippen LogP contribution in [0.4, 0.5) is 11.5 Å². The SMILES string of the molecule is COC(=O)c1ccc(Cl)c(Nc2ccc(C(=O)NC3CCCCC3)cn2)c1. The van der Waals surface area contributed by atoms with Crippen LogP contribution in [-0.4, -0.2) is 30.0 Å². The van der Waals surface area contributed by atoms with Crippen LogP contribution < -0.4 is 10.6 Å². The van der Waals surface area contributed by atoms with Crippen molar-refractivity contribution in [2.45, 2.75) is 38.1 Å². The Balaban J connectivity index is 1.67. The summed E-state index contributed by atoms with van der Waals surface area (Å²) in [6.07, 6.45) is 7.17. The van der Waals surface area contributed by atoms with Gasteiger partial charge in [-0.2, -0.15) is 0 Å². The van der Waals surface area contributed by atoms with E-state index in [9.17, 15) is 9.59 Å². The molecule has 6 nitrogen and oxygen atoms in total. The molecule has 1 aromatic carbocycles. The lowest BCUT2D eigenvalue weighted by Crippen LogP contribution is -2.36. The molecule has 0 saturated heterocycles. The highest BCUT2D eigenvalue weighted by Gasteiger charge is 2.17. The van der Waals surface area contributed by atoms with Crippen LogP contribution in [0.15, 0.2) is 36.5 Å². The molecular formula is C20H22ClN3O3. The smallest absolute Gasteiger partial charge is 0.337 e. The van der Waals surface area contributed by atoms with Gasteiger partial charge in [0.2, 0.25) is 0 Å².